The monoisotopic (exact) mass is 240 g/mol. The fraction of sp³-hybridized carbons (Fsp3) is 0.500. The highest BCUT2D eigenvalue weighted by Crippen LogP contribution is 2.10. The number of hydrogen-bond acceptors (Lipinski definition) is 3. The first kappa shape index (κ1) is 11.1. The number of rotatable bonds is 3. The molecule has 2 heterocycles. The zero-order valence-corrected chi connectivity index (χ0v) is 10.0. The van der Waals surface area contributed by atoms with E-state index < -0.39 is 0 Å². The summed E-state index contributed by atoms with van der Waals surface area (Å²) in [7, 11) is 1.77. The molecule has 0 unspecified atom stereocenters. The third-order valence-corrected chi connectivity index (χ3v) is 2.81. The van der Waals surface area contributed by atoms with Crippen molar-refractivity contribution in [3.8, 4) is 0 Å². The molecule has 0 bridgehead atoms. The van der Waals surface area contributed by atoms with Crippen LogP contribution in [0.4, 0.5) is 0 Å². The van der Waals surface area contributed by atoms with Crippen molar-refractivity contribution in [2.24, 2.45) is 7.05 Å². The number of fused-ring (bicyclic) bond motifs is 1. The lowest BCUT2D eigenvalue weighted by atomic mass is 10.3. The summed E-state index contributed by atoms with van der Waals surface area (Å²) >= 11 is 5.96. The van der Waals surface area contributed by atoms with Gasteiger partial charge in [0.15, 0.2) is 11.2 Å². The van der Waals surface area contributed by atoms with Crippen molar-refractivity contribution in [2.75, 3.05) is 0 Å². The van der Waals surface area contributed by atoms with Gasteiger partial charge in [0, 0.05) is 13.6 Å². The second kappa shape index (κ2) is 4.25. The third-order valence-electron chi connectivity index (χ3n) is 2.52. The van der Waals surface area contributed by atoms with Crippen molar-refractivity contribution in [3.63, 3.8) is 0 Å². The molecule has 86 valence electrons. The van der Waals surface area contributed by atoms with Gasteiger partial charge >= 0.3 is 0 Å². The first-order valence-corrected chi connectivity index (χ1v) is 5.60. The maximum absolute atomic E-state index is 12.1. The van der Waals surface area contributed by atoms with E-state index >= 15 is 0 Å². The van der Waals surface area contributed by atoms with Gasteiger partial charge in [-0.1, -0.05) is 13.3 Å². The van der Waals surface area contributed by atoms with Crippen LogP contribution in [0.15, 0.2) is 11.1 Å². The molecule has 0 atom stereocenters. The van der Waals surface area contributed by atoms with Crippen molar-refractivity contribution in [1.82, 2.24) is 19.1 Å². The van der Waals surface area contributed by atoms with Gasteiger partial charge in [0.05, 0.1) is 6.33 Å². The van der Waals surface area contributed by atoms with E-state index in [1.807, 2.05) is 0 Å². The summed E-state index contributed by atoms with van der Waals surface area (Å²) in [4.78, 5) is 20.2. The molecule has 0 radical (unpaired) electrons. The lowest BCUT2D eigenvalue weighted by Crippen LogP contribution is -2.23. The predicted molar refractivity (Wildman–Crippen MR) is 62.7 cm³/mol. The van der Waals surface area contributed by atoms with Gasteiger partial charge in [-0.05, 0) is 18.0 Å². The molecule has 2 aromatic rings. The highest BCUT2D eigenvalue weighted by Gasteiger charge is 2.12. The van der Waals surface area contributed by atoms with Crippen LogP contribution in [0.3, 0.4) is 0 Å². The van der Waals surface area contributed by atoms with Gasteiger partial charge in [0.2, 0.25) is 5.28 Å². The molecule has 2 rings (SSSR count). The number of imidazole rings is 1. The zero-order chi connectivity index (χ0) is 11.7. The normalized spacial score (nSPS) is 11.2. The average molecular weight is 241 g/mol. The van der Waals surface area contributed by atoms with E-state index in [0.717, 1.165) is 12.8 Å². The van der Waals surface area contributed by atoms with Gasteiger partial charge < -0.3 is 4.57 Å². The lowest BCUT2D eigenvalue weighted by molar-refractivity contribution is 0.607. The van der Waals surface area contributed by atoms with Crippen LogP contribution >= 0.6 is 11.6 Å². The minimum absolute atomic E-state index is 0.122. The van der Waals surface area contributed by atoms with Gasteiger partial charge in [-0.15, -0.1) is 0 Å². The third kappa shape index (κ3) is 1.71. The van der Waals surface area contributed by atoms with Crippen LogP contribution in [0.5, 0.6) is 0 Å². The number of hydrogen-bond donors (Lipinski definition) is 0. The molecule has 0 fully saturated rings. The summed E-state index contributed by atoms with van der Waals surface area (Å²) in [6.07, 6.45) is 3.48. The van der Waals surface area contributed by atoms with Crippen molar-refractivity contribution in [2.45, 2.75) is 26.3 Å². The molecule has 0 aliphatic rings. The second-order valence-corrected chi connectivity index (χ2v) is 4.06. The quantitative estimate of drug-likeness (QED) is 0.766. The highest BCUT2D eigenvalue weighted by molar-refractivity contribution is 6.28. The summed E-state index contributed by atoms with van der Waals surface area (Å²) in [6.45, 7) is 2.66. The van der Waals surface area contributed by atoms with Crippen LogP contribution in [0.2, 0.25) is 5.28 Å². The highest BCUT2D eigenvalue weighted by atomic mass is 35.5. The maximum atomic E-state index is 12.1. The molecule has 6 heteroatoms. The van der Waals surface area contributed by atoms with Crippen LogP contribution in [0.1, 0.15) is 19.8 Å². The Bertz CT molecular complexity index is 572. The van der Waals surface area contributed by atoms with Gasteiger partial charge in [-0.2, -0.15) is 4.98 Å². The second-order valence-electron chi connectivity index (χ2n) is 3.72. The Labute approximate surface area is 97.7 Å². The topological polar surface area (TPSA) is 52.7 Å². The van der Waals surface area contributed by atoms with Crippen LogP contribution in [0, 0.1) is 0 Å². The molecule has 0 N–H and O–H groups in total. The molecule has 0 saturated heterocycles. The smallest absolute Gasteiger partial charge is 0.280 e. The Morgan fingerprint density at radius 2 is 2.25 bits per heavy atom. The summed E-state index contributed by atoms with van der Waals surface area (Å²) in [6, 6.07) is 0. The van der Waals surface area contributed by atoms with Crippen LogP contribution in [-0.4, -0.2) is 19.1 Å². The van der Waals surface area contributed by atoms with E-state index in [1.54, 1.807) is 17.9 Å². The molecule has 0 aliphatic carbocycles. The Morgan fingerprint density at radius 1 is 1.50 bits per heavy atom. The Morgan fingerprint density at radius 3 is 2.94 bits per heavy atom. The average Bonchev–Trinajstić information content (AvgIpc) is 2.60. The van der Waals surface area contributed by atoms with Crippen LogP contribution in [0.25, 0.3) is 11.2 Å². The zero-order valence-electron chi connectivity index (χ0n) is 9.27. The first-order chi connectivity index (χ1) is 7.65. The fourth-order valence-corrected chi connectivity index (χ4v) is 1.86. The van der Waals surface area contributed by atoms with Gasteiger partial charge in [-0.25, -0.2) is 4.98 Å². The molecule has 0 aromatic carbocycles. The minimum Gasteiger partial charge on any atom is -0.328 e. The molecule has 0 saturated carbocycles. The van der Waals surface area contributed by atoms with Crippen molar-refractivity contribution >= 4 is 22.8 Å². The van der Waals surface area contributed by atoms with Crippen LogP contribution in [-0.2, 0) is 13.6 Å². The number of halogens is 1. The number of aryl methyl sites for hydroxylation is 1. The van der Waals surface area contributed by atoms with E-state index in [1.165, 1.54) is 4.57 Å². The fourth-order valence-electron chi connectivity index (χ4n) is 1.62. The van der Waals surface area contributed by atoms with Gasteiger partial charge in [-0.3, -0.25) is 9.36 Å². The number of nitrogens with zero attached hydrogens (tertiary/aromatic N) is 4. The SMILES string of the molecule is CCCCn1c(Cl)nc2ncn(C)c2c1=O. The molecular formula is C10H13ClN4O. The predicted octanol–water partition coefficient (Wildman–Crippen LogP) is 1.58. The van der Waals surface area contributed by atoms with E-state index in [9.17, 15) is 4.79 Å². The standard InChI is InChI=1S/C10H13ClN4O/c1-3-4-5-15-9(16)7-8(13-10(15)11)12-6-14(7)2/h6H,3-5H2,1-2H3. The minimum atomic E-state index is -0.122. The molecule has 0 spiro atoms. The first-order valence-electron chi connectivity index (χ1n) is 5.22. The lowest BCUT2D eigenvalue weighted by Gasteiger charge is -2.06. The maximum Gasteiger partial charge on any atom is 0.280 e. The molecule has 0 amide bonds. The summed E-state index contributed by atoms with van der Waals surface area (Å²) in [5, 5.41) is 0.213. The molecule has 16 heavy (non-hydrogen) atoms. The van der Waals surface area contributed by atoms with E-state index in [4.69, 9.17) is 11.6 Å². The van der Waals surface area contributed by atoms with Gasteiger partial charge in [0.25, 0.3) is 5.56 Å². The van der Waals surface area contributed by atoms with Crippen molar-refractivity contribution in [1.29, 1.82) is 0 Å². The summed E-state index contributed by atoms with van der Waals surface area (Å²) < 4.78 is 3.17. The number of unbranched alkanes of at least 4 members (excludes halogenated alkanes) is 1. The van der Waals surface area contributed by atoms with Crippen LogP contribution < -0.4 is 5.56 Å². The van der Waals surface area contributed by atoms with E-state index in [0.29, 0.717) is 17.7 Å². The molecular weight excluding hydrogens is 228 g/mol. The largest absolute Gasteiger partial charge is 0.328 e. The number of aromatic nitrogens is 4. The Kier molecular flexibility index (Phi) is 2.96. The summed E-state index contributed by atoms with van der Waals surface area (Å²) in [5.74, 6) is 0. The molecule has 0 aliphatic heterocycles. The van der Waals surface area contributed by atoms with Gasteiger partial charge in [0.1, 0.15) is 0 Å². The van der Waals surface area contributed by atoms with Crippen molar-refractivity contribution in [3.05, 3.63) is 22.0 Å². The Balaban J connectivity index is 2.64. The molecule has 5 nitrogen and oxygen atoms in total. The Hall–Kier alpha value is -1.36. The van der Waals surface area contributed by atoms with Crippen molar-refractivity contribution < 1.29 is 0 Å². The molecule has 2 aromatic heterocycles. The van der Waals surface area contributed by atoms with E-state index in [2.05, 4.69) is 16.9 Å². The summed E-state index contributed by atoms with van der Waals surface area (Å²) in [5.41, 5.74) is 0.786. The van der Waals surface area contributed by atoms with E-state index in [-0.39, 0.29) is 10.8 Å².